The maximum atomic E-state index is 12.6. The molecule has 2 aromatic rings. The van der Waals surface area contributed by atoms with Gasteiger partial charge >= 0.3 is 0 Å². The van der Waals surface area contributed by atoms with Gasteiger partial charge in [-0.1, -0.05) is 41.9 Å². The lowest BCUT2D eigenvalue weighted by atomic mass is 10.1. The van der Waals surface area contributed by atoms with Gasteiger partial charge in [-0.3, -0.25) is 9.59 Å². The number of hydrogen-bond donors (Lipinski definition) is 1. The summed E-state index contributed by atoms with van der Waals surface area (Å²) in [6, 6.07) is 14.8. The lowest BCUT2D eigenvalue weighted by molar-refractivity contribution is -0.124. The molecule has 2 amide bonds. The highest BCUT2D eigenvalue weighted by molar-refractivity contribution is 7.99. The van der Waals surface area contributed by atoms with Gasteiger partial charge in [-0.2, -0.15) is 0 Å². The Bertz CT molecular complexity index is 824. The summed E-state index contributed by atoms with van der Waals surface area (Å²) in [5, 5.41) is 3.64. The molecule has 0 bridgehead atoms. The number of benzene rings is 2. The van der Waals surface area contributed by atoms with E-state index >= 15 is 0 Å². The second-order valence-corrected chi connectivity index (χ2v) is 7.72. The molecule has 0 saturated carbocycles. The Balaban J connectivity index is 1.39. The highest BCUT2D eigenvalue weighted by atomic mass is 35.5. The summed E-state index contributed by atoms with van der Waals surface area (Å²) in [5.41, 5.74) is 2.86. The molecule has 128 valence electrons. The molecule has 0 aromatic heterocycles. The fourth-order valence-electron chi connectivity index (χ4n) is 3.34. The smallest absolute Gasteiger partial charge is 0.256 e. The maximum Gasteiger partial charge on any atom is 0.256 e. The van der Waals surface area contributed by atoms with Gasteiger partial charge in [0.15, 0.2) is 0 Å². The number of amides is 2. The van der Waals surface area contributed by atoms with E-state index in [1.165, 1.54) is 0 Å². The molecule has 2 aromatic carbocycles. The Morgan fingerprint density at radius 2 is 1.96 bits per heavy atom. The Morgan fingerprint density at radius 1 is 1.20 bits per heavy atom. The van der Waals surface area contributed by atoms with Crippen LogP contribution in [0.5, 0.6) is 0 Å². The normalized spacial score (nSPS) is 21.2. The zero-order valence-corrected chi connectivity index (χ0v) is 15.0. The van der Waals surface area contributed by atoms with Gasteiger partial charge < -0.3 is 10.2 Å². The Hall–Kier alpha value is -1.98. The average Bonchev–Trinajstić information content (AvgIpc) is 3.18. The van der Waals surface area contributed by atoms with Gasteiger partial charge in [0.1, 0.15) is 11.4 Å². The van der Waals surface area contributed by atoms with Gasteiger partial charge in [0.05, 0.1) is 0 Å². The Morgan fingerprint density at radius 3 is 2.76 bits per heavy atom. The quantitative estimate of drug-likeness (QED) is 0.896. The zero-order valence-electron chi connectivity index (χ0n) is 13.4. The van der Waals surface area contributed by atoms with Gasteiger partial charge in [-0.25, -0.2) is 0 Å². The zero-order chi connectivity index (χ0) is 17.4. The third-order valence-corrected chi connectivity index (χ3v) is 6.18. The summed E-state index contributed by atoms with van der Waals surface area (Å²) >= 11 is 7.53. The molecule has 1 fully saturated rings. The van der Waals surface area contributed by atoms with E-state index in [-0.39, 0.29) is 17.2 Å². The predicted molar refractivity (Wildman–Crippen MR) is 99.8 cm³/mol. The van der Waals surface area contributed by atoms with Crippen LogP contribution in [0.1, 0.15) is 26.9 Å². The first-order valence-electron chi connectivity index (χ1n) is 8.20. The molecule has 2 aliphatic heterocycles. The molecule has 0 unspecified atom stereocenters. The van der Waals surface area contributed by atoms with Crippen molar-refractivity contribution in [3.8, 4) is 0 Å². The van der Waals surface area contributed by atoms with Crippen molar-refractivity contribution >= 4 is 35.2 Å². The van der Waals surface area contributed by atoms with Gasteiger partial charge in [0.2, 0.25) is 5.91 Å². The van der Waals surface area contributed by atoms with E-state index in [9.17, 15) is 9.59 Å². The third kappa shape index (κ3) is 3.02. The van der Waals surface area contributed by atoms with E-state index in [0.717, 1.165) is 23.1 Å². The van der Waals surface area contributed by atoms with E-state index in [4.69, 9.17) is 11.6 Å². The van der Waals surface area contributed by atoms with Crippen molar-refractivity contribution in [2.75, 3.05) is 12.3 Å². The monoisotopic (exact) mass is 372 g/mol. The minimum absolute atomic E-state index is 0.0317. The van der Waals surface area contributed by atoms with Crippen LogP contribution in [0.3, 0.4) is 0 Å². The van der Waals surface area contributed by atoms with Gasteiger partial charge in [-0.05, 0) is 35.7 Å². The number of halogens is 1. The number of thioether (sulfide) groups is 1. The molecule has 2 aliphatic rings. The fourth-order valence-corrected chi connectivity index (χ4v) is 4.93. The number of nitrogens with one attached hydrogen (secondary N) is 1. The number of carbonyl (C=O) groups is 2. The summed E-state index contributed by atoms with van der Waals surface area (Å²) in [6.45, 7) is 0.543. The molecule has 2 atom stereocenters. The molecule has 4 rings (SSSR count). The lowest BCUT2D eigenvalue weighted by Gasteiger charge is -2.22. The minimum Gasteiger partial charge on any atom is -0.354 e. The number of carbonyl (C=O) groups excluding carboxylic acids is 2. The minimum atomic E-state index is -0.403. The molecule has 4 nitrogen and oxygen atoms in total. The standard InChI is InChI=1S/C19H17ClN2O2S/c20-13-7-5-12(6-8-13)9-10-21-17(23)16-11-25-19-15-4-2-1-3-14(15)18(24)22(16)19/h1-8,16,19H,9-11H2,(H,21,23)/t16-,19+/m0/s1. The van der Waals surface area contributed by atoms with Crippen molar-refractivity contribution in [3.05, 3.63) is 70.2 Å². The highest BCUT2D eigenvalue weighted by Crippen LogP contribution is 2.47. The fraction of sp³-hybridized carbons (Fsp3) is 0.263. The summed E-state index contributed by atoms with van der Waals surface area (Å²) in [5.74, 6) is 0.519. The van der Waals surface area contributed by atoms with Crippen LogP contribution in [0.15, 0.2) is 48.5 Å². The third-order valence-electron chi connectivity index (χ3n) is 4.62. The summed E-state index contributed by atoms with van der Waals surface area (Å²) < 4.78 is 0. The van der Waals surface area contributed by atoms with Crippen LogP contribution in [0.2, 0.25) is 5.02 Å². The Kier molecular flexibility index (Phi) is 4.44. The van der Waals surface area contributed by atoms with E-state index in [1.807, 2.05) is 48.5 Å². The maximum absolute atomic E-state index is 12.6. The van der Waals surface area contributed by atoms with E-state index < -0.39 is 6.04 Å². The first kappa shape index (κ1) is 16.5. The van der Waals surface area contributed by atoms with Crippen LogP contribution in [0.4, 0.5) is 0 Å². The summed E-state index contributed by atoms with van der Waals surface area (Å²) in [7, 11) is 0. The highest BCUT2D eigenvalue weighted by Gasteiger charge is 2.48. The predicted octanol–water partition coefficient (Wildman–Crippen LogP) is 3.27. The molecule has 25 heavy (non-hydrogen) atoms. The van der Waals surface area contributed by atoms with Crippen molar-refractivity contribution in [3.63, 3.8) is 0 Å². The average molecular weight is 373 g/mol. The molecular weight excluding hydrogens is 356 g/mol. The van der Waals surface area contributed by atoms with Crippen molar-refractivity contribution in [2.24, 2.45) is 0 Å². The molecule has 2 heterocycles. The first-order valence-corrected chi connectivity index (χ1v) is 9.63. The van der Waals surface area contributed by atoms with Gasteiger partial charge in [0.25, 0.3) is 5.91 Å². The van der Waals surface area contributed by atoms with Gasteiger partial charge in [0, 0.05) is 22.9 Å². The van der Waals surface area contributed by atoms with Crippen LogP contribution in [-0.4, -0.2) is 35.1 Å². The van der Waals surface area contributed by atoms with E-state index in [1.54, 1.807) is 16.7 Å². The van der Waals surface area contributed by atoms with Crippen molar-refractivity contribution in [1.29, 1.82) is 0 Å². The molecule has 1 N–H and O–H groups in total. The van der Waals surface area contributed by atoms with Crippen LogP contribution in [0.25, 0.3) is 0 Å². The van der Waals surface area contributed by atoms with Crippen molar-refractivity contribution < 1.29 is 9.59 Å². The van der Waals surface area contributed by atoms with E-state index in [0.29, 0.717) is 17.3 Å². The van der Waals surface area contributed by atoms with Crippen molar-refractivity contribution in [1.82, 2.24) is 10.2 Å². The van der Waals surface area contributed by atoms with Crippen LogP contribution in [0, 0.1) is 0 Å². The largest absolute Gasteiger partial charge is 0.354 e. The Labute approximate surface area is 155 Å². The molecule has 0 radical (unpaired) electrons. The number of fused-ring (bicyclic) bond motifs is 3. The SMILES string of the molecule is O=C(NCCc1ccc(Cl)cc1)[C@@H]1CS[C@@H]2c3ccccc3C(=O)N21. The first-order chi connectivity index (χ1) is 12.1. The molecule has 1 saturated heterocycles. The topological polar surface area (TPSA) is 49.4 Å². The molecule has 0 aliphatic carbocycles. The number of nitrogens with zero attached hydrogens (tertiary/aromatic N) is 1. The molecule has 6 heteroatoms. The van der Waals surface area contributed by atoms with Crippen molar-refractivity contribution in [2.45, 2.75) is 17.8 Å². The molecule has 0 spiro atoms. The van der Waals surface area contributed by atoms with E-state index in [2.05, 4.69) is 5.32 Å². The van der Waals surface area contributed by atoms with Gasteiger partial charge in [-0.15, -0.1) is 11.8 Å². The van der Waals surface area contributed by atoms with Crippen LogP contribution >= 0.6 is 23.4 Å². The second kappa shape index (κ2) is 6.73. The summed E-state index contributed by atoms with van der Waals surface area (Å²) in [4.78, 5) is 27.0. The van der Waals surface area contributed by atoms with Crippen LogP contribution in [-0.2, 0) is 11.2 Å². The lowest BCUT2D eigenvalue weighted by Crippen LogP contribution is -2.46. The second-order valence-electron chi connectivity index (χ2n) is 6.17. The van der Waals surface area contributed by atoms with Crippen LogP contribution < -0.4 is 5.32 Å². The number of rotatable bonds is 4. The molecular formula is C19H17ClN2O2S. The number of hydrogen-bond acceptors (Lipinski definition) is 3. The summed E-state index contributed by atoms with van der Waals surface area (Å²) in [6.07, 6.45) is 0.736.